The summed E-state index contributed by atoms with van der Waals surface area (Å²) in [6, 6.07) is 5.70. The largest absolute Gasteiger partial charge is 0.497 e. The van der Waals surface area contributed by atoms with Gasteiger partial charge in [0.2, 0.25) is 5.91 Å². The third-order valence-electron chi connectivity index (χ3n) is 4.64. The maximum absolute atomic E-state index is 12.2. The second-order valence-electron chi connectivity index (χ2n) is 6.91. The van der Waals surface area contributed by atoms with Crippen LogP contribution in [0, 0.1) is 0 Å². The van der Waals surface area contributed by atoms with Crippen LogP contribution in [0.3, 0.4) is 0 Å². The van der Waals surface area contributed by atoms with Gasteiger partial charge < -0.3 is 19.5 Å². The zero-order chi connectivity index (χ0) is 18.3. The van der Waals surface area contributed by atoms with E-state index in [-0.39, 0.29) is 11.4 Å². The molecule has 1 aromatic rings. The second kappa shape index (κ2) is 9.06. The predicted octanol–water partition coefficient (Wildman–Crippen LogP) is 1.86. The first-order valence-corrected chi connectivity index (χ1v) is 8.76. The number of morpholine rings is 1. The Morgan fingerprint density at radius 2 is 1.76 bits per heavy atom. The monoisotopic (exact) mass is 350 g/mol. The molecule has 1 amide bonds. The molecule has 0 aliphatic carbocycles. The summed E-state index contributed by atoms with van der Waals surface area (Å²) >= 11 is 0. The molecule has 1 fully saturated rings. The molecule has 0 bridgehead atoms. The standard InChI is InChI=1S/C19H30N2O4/c1-19(2,21-7-9-25-10-8-21)14-20-18(22)6-5-15-11-16(23-3)13-17(12-15)24-4/h11-13H,5-10,14H2,1-4H3,(H,20,22). The molecule has 1 saturated heterocycles. The van der Waals surface area contributed by atoms with Gasteiger partial charge in [-0.15, -0.1) is 0 Å². The van der Waals surface area contributed by atoms with Crippen molar-refractivity contribution in [2.45, 2.75) is 32.2 Å². The van der Waals surface area contributed by atoms with E-state index >= 15 is 0 Å². The molecule has 0 radical (unpaired) electrons. The van der Waals surface area contributed by atoms with Crippen LogP contribution in [0.4, 0.5) is 0 Å². The van der Waals surface area contributed by atoms with Crippen LogP contribution in [0.25, 0.3) is 0 Å². The fourth-order valence-electron chi connectivity index (χ4n) is 2.95. The van der Waals surface area contributed by atoms with E-state index in [4.69, 9.17) is 14.2 Å². The Balaban J connectivity index is 1.82. The van der Waals surface area contributed by atoms with Gasteiger partial charge in [-0.25, -0.2) is 0 Å². The normalized spacial score (nSPS) is 15.7. The maximum Gasteiger partial charge on any atom is 0.220 e. The summed E-state index contributed by atoms with van der Waals surface area (Å²) in [6.07, 6.45) is 1.09. The number of amides is 1. The molecule has 140 valence electrons. The Morgan fingerprint density at radius 3 is 2.32 bits per heavy atom. The number of hydrogen-bond acceptors (Lipinski definition) is 5. The van der Waals surface area contributed by atoms with Crippen molar-refractivity contribution in [2.24, 2.45) is 0 Å². The highest BCUT2D eigenvalue weighted by atomic mass is 16.5. The highest BCUT2D eigenvalue weighted by Crippen LogP contribution is 2.23. The van der Waals surface area contributed by atoms with Gasteiger partial charge in [0.1, 0.15) is 11.5 Å². The first kappa shape index (κ1) is 19.5. The Labute approximate surface area is 150 Å². The minimum atomic E-state index is -0.0708. The van der Waals surface area contributed by atoms with Crippen LogP contribution in [-0.4, -0.2) is 63.4 Å². The first-order chi connectivity index (χ1) is 11.9. The van der Waals surface area contributed by atoms with Crippen molar-refractivity contribution >= 4 is 5.91 Å². The highest BCUT2D eigenvalue weighted by Gasteiger charge is 2.28. The zero-order valence-electron chi connectivity index (χ0n) is 15.8. The van der Waals surface area contributed by atoms with E-state index in [1.807, 2.05) is 18.2 Å². The molecule has 0 saturated carbocycles. The molecule has 0 aromatic heterocycles. The summed E-state index contributed by atoms with van der Waals surface area (Å²) in [5.74, 6) is 1.54. The van der Waals surface area contributed by atoms with Gasteiger partial charge in [-0.1, -0.05) is 0 Å². The number of methoxy groups -OCH3 is 2. The lowest BCUT2D eigenvalue weighted by molar-refractivity contribution is -0.121. The molecule has 0 spiro atoms. The lowest BCUT2D eigenvalue weighted by atomic mass is 10.0. The highest BCUT2D eigenvalue weighted by molar-refractivity contribution is 5.76. The van der Waals surface area contributed by atoms with Gasteiger partial charge in [0.15, 0.2) is 0 Å². The fraction of sp³-hybridized carbons (Fsp3) is 0.632. The number of ether oxygens (including phenoxy) is 3. The van der Waals surface area contributed by atoms with Crippen molar-refractivity contribution in [1.82, 2.24) is 10.2 Å². The Bertz CT molecular complexity index is 546. The summed E-state index contributed by atoms with van der Waals surface area (Å²) < 4.78 is 15.9. The Morgan fingerprint density at radius 1 is 1.16 bits per heavy atom. The topological polar surface area (TPSA) is 60.0 Å². The molecular weight excluding hydrogens is 320 g/mol. The molecule has 6 nitrogen and oxygen atoms in total. The zero-order valence-corrected chi connectivity index (χ0v) is 15.8. The van der Waals surface area contributed by atoms with Crippen LogP contribution in [0.15, 0.2) is 18.2 Å². The number of carbonyl (C=O) groups is 1. The molecule has 1 aliphatic rings. The Hall–Kier alpha value is -1.79. The second-order valence-corrected chi connectivity index (χ2v) is 6.91. The van der Waals surface area contributed by atoms with Crippen LogP contribution in [0.2, 0.25) is 0 Å². The summed E-state index contributed by atoms with van der Waals surface area (Å²) in [6.45, 7) is 8.29. The van der Waals surface area contributed by atoms with E-state index in [2.05, 4.69) is 24.1 Å². The van der Waals surface area contributed by atoms with Crippen molar-refractivity contribution in [1.29, 1.82) is 0 Å². The van der Waals surface area contributed by atoms with Crippen LogP contribution in [0.5, 0.6) is 11.5 Å². The number of hydrogen-bond donors (Lipinski definition) is 1. The van der Waals surface area contributed by atoms with Crippen molar-refractivity contribution in [2.75, 3.05) is 47.1 Å². The molecule has 25 heavy (non-hydrogen) atoms. The first-order valence-electron chi connectivity index (χ1n) is 8.76. The van der Waals surface area contributed by atoms with Crippen LogP contribution < -0.4 is 14.8 Å². The molecule has 1 N–H and O–H groups in total. The number of rotatable bonds is 8. The fourth-order valence-corrected chi connectivity index (χ4v) is 2.95. The maximum atomic E-state index is 12.2. The third kappa shape index (κ3) is 5.90. The van der Waals surface area contributed by atoms with Crippen LogP contribution >= 0.6 is 0 Å². The van der Waals surface area contributed by atoms with E-state index in [9.17, 15) is 4.79 Å². The van der Waals surface area contributed by atoms with Gasteiger partial charge in [-0.3, -0.25) is 9.69 Å². The Kier molecular flexibility index (Phi) is 7.08. The molecule has 6 heteroatoms. The van der Waals surface area contributed by atoms with Crippen molar-refractivity contribution in [3.63, 3.8) is 0 Å². The quantitative estimate of drug-likeness (QED) is 0.775. The summed E-state index contributed by atoms with van der Waals surface area (Å²) in [4.78, 5) is 14.6. The lowest BCUT2D eigenvalue weighted by Gasteiger charge is -2.40. The molecule has 2 rings (SSSR count). The summed E-state index contributed by atoms with van der Waals surface area (Å²) in [7, 11) is 3.25. The summed E-state index contributed by atoms with van der Waals surface area (Å²) in [5.41, 5.74) is 0.956. The third-order valence-corrected chi connectivity index (χ3v) is 4.64. The number of nitrogens with zero attached hydrogens (tertiary/aromatic N) is 1. The average molecular weight is 350 g/mol. The minimum Gasteiger partial charge on any atom is -0.497 e. The SMILES string of the molecule is COc1cc(CCC(=O)NCC(C)(C)N2CCOCC2)cc(OC)c1. The number of carbonyl (C=O) groups excluding carboxylic acids is 1. The van der Waals surface area contributed by atoms with Gasteiger partial charge >= 0.3 is 0 Å². The average Bonchev–Trinajstić information content (AvgIpc) is 2.65. The minimum absolute atomic E-state index is 0.0584. The van der Waals surface area contributed by atoms with Crippen molar-refractivity contribution < 1.29 is 19.0 Å². The lowest BCUT2D eigenvalue weighted by Crippen LogP contribution is -2.55. The molecule has 1 aromatic carbocycles. The van der Waals surface area contributed by atoms with E-state index in [0.717, 1.165) is 43.4 Å². The summed E-state index contributed by atoms with van der Waals surface area (Å²) in [5, 5.41) is 3.06. The molecule has 1 aliphatic heterocycles. The smallest absolute Gasteiger partial charge is 0.220 e. The number of aryl methyl sites for hydroxylation is 1. The van der Waals surface area contributed by atoms with E-state index in [1.54, 1.807) is 14.2 Å². The van der Waals surface area contributed by atoms with E-state index in [0.29, 0.717) is 19.4 Å². The van der Waals surface area contributed by atoms with Crippen molar-refractivity contribution in [3.05, 3.63) is 23.8 Å². The van der Waals surface area contributed by atoms with E-state index in [1.165, 1.54) is 0 Å². The van der Waals surface area contributed by atoms with Crippen LogP contribution in [0.1, 0.15) is 25.8 Å². The molecule has 0 unspecified atom stereocenters. The predicted molar refractivity (Wildman–Crippen MR) is 97.3 cm³/mol. The molecule has 1 heterocycles. The van der Waals surface area contributed by atoms with E-state index < -0.39 is 0 Å². The van der Waals surface area contributed by atoms with Gasteiger partial charge in [-0.2, -0.15) is 0 Å². The van der Waals surface area contributed by atoms with Crippen LogP contribution in [-0.2, 0) is 16.0 Å². The molecular formula is C19H30N2O4. The number of nitrogens with one attached hydrogen (secondary N) is 1. The van der Waals surface area contributed by atoms with Gasteiger partial charge in [-0.05, 0) is 38.0 Å². The van der Waals surface area contributed by atoms with Gasteiger partial charge in [0.25, 0.3) is 0 Å². The van der Waals surface area contributed by atoms with Gasteiger partial charge in [0.05, 0.1) is 27.4 Å². The van der Waals surface area contributed by atoms with Gasteiger partial charge in [0, 0.05) is 37.7 Å². The van der Waals surface area contributed by atoms with Crippen molar-refractivity contribution in [3.8, 4) is 11.5 Å². The number of benzene rings is 1. The molecule has 0 atom stereocenters.